The first-order chi connectivity index (χ1) is 9.27. The van der Waals surface area contributed by atoms with Gasteiger partial charge in [0.15, 0.2) is 0 Å². The first-order valence-corrected chi connectivity index (χ1v) is 7.60. The van der Waals surface area contributed by atoms with Crippen LogP contribution in [-0.2, 0) is 19.1 Å². The van der Waals surface area contributed by atoms with Gasteiger partial charge in [-0.25, -0.2) is 0 Å². The molecule has 19 heavy (non-hydrogen) atoms. The van der Waals surface area contributed by atoms with Gasteiger partial charge in [0.25, 0.3) is 0 Å². The van der Waals surface area contributed by atoms with Crippen molar-refractivity contribution in [2.24, 2.45) is 11.8 Å². The number of esters is 2. The van der Waals surface area contributed by atoms with Crippen molar-refractivity contribution >= 4 is 11.9 Å². The summed E-state index contributed by atoms with van der Waals surface area (Å²) in [7, 11) is 0. The van der Waals surface area contributed by atoms with E-state index in [1.807, 2.05) is 0 Å². The molecule has 2 aliphatic rings. The minimum absolute atomic E-state index is 0.0253. The zero-order valence-electron chi connectivity index (χ0n) is 11.6. The Balaban J connectivity index is 1.37. The first-order valence-electron chi connectivity index (χ1n) is 7.60. The molecular formula is C15H24O4. The Hall–Kier alpha value is -1.06. The highest BCUT2D eigenvalue weighted by Gasteiger charge is 2.27. The average Bonchev–Trinajstić information content (AvgIpc) is 2.22. The predicted octanol–water partition coefficient (Wildman–Crippen LogP) is 2.84. The van der Waals surface area contributed by atoms with E-state index in [0.717, 1.165) is 57.8 Å². The van der Waals surface area contributed by atoms with Gasteiger partial charge in [0, 0.05) is 0 Å². The maximum atomic E-state index is 11.4. The molecule has 0 unspecified atom stereocenters. The predicted molar refractivity (Wildman–Crippen MR) is 70.5 cm³/mol. The Labute approximate surface area is 114 Å². The molecule has 2 aliphatic carbocycles. The van der Waals surface area contributed by atoms with E-state index in [-0.39, 0.29) is 23.8 Å². The summed E-state index contributed by atoms with van der Waals surface area (Å²) in [6.07, 6.45) is 8.96. The third-order valence-electron chi connectivity index (χ3n) is 4.15. The second-order valence-electron chi connectivity index (χ2n) is 5.65. The van der Waals surface area contributed by atoms with Crippen molar-refractivity contribution in [2.45, 2.75) is 57.8 Å². The number of carbonyl (C=O) groups is 2. The van der Waals surface area contributed by atoms with Crippen LogP contribution in [0, 0.1) is 11.8 Å². The Morgan fingerprint density at radius 1 is 0.737 bits per heavy atom. The molecule has 0 N–H and O–H groups in total. The van der Waals surface area contributed by atoms with E-state index in [4.69, 9.17) is 9.47 Å². The standard InChI is InChI=1S/C15H24O4/c16-14(12-6-4-7-12)18-10-2-1-3-11-19-15(17)13-8-5-9-13/h12-13H,1-11H2. The normalized spacial score (nSPS) is 19.4. The number of ether oxygens (including phenoxy) is 2. The van der Waals surface area contributed by atoms with Crippen molar-refractivity contribution in [2.75, 3.05) is 13.2 Å². The van der Waals surface area contributed by atoms with Gasteiger partial charge >= 0.3 is 11.9 Å². The van der Waals surface area contributed by atoms with Gasteiger partial charge in [0.2, 0.25) is 0 Å². The van der Waals surface area contributed by atoms with Crippen LogP contribution in [0.25, 0.3) is 0 Å². The summed E-state index contributed by atoms with van der Waals surface area (Å²) < 4.78 is 10.4. The van der Waals surface area contributed by atoms with Crippen LogP contribution in [0.2, 0.25) is 0 Å². The second kappa shape index (κ2) is 7.51. The Morgan fingerprint density at radius 3 is 1.47 bits per heavy atom. The zero-order valence-corrected chi connectivity index (χ0v) is 11.6. The molecule has 108 valence electrons. The molecule has 0 heterocycles. The third kappa shape index (κ3) is 4.51. The minimum atomic E-state index is -0.0253. The van der Waals surface area contributed by atoms with Gasteiger partial charge < -0.3 is 9.47 Å². The number of carbonyl (C=O) groups excluding carboxylic acids is 2. The van der Waals surface area contributed by atoms with Crippen molar-refractivity contribution in [3.63, 3.8) is 0 Å². The lowest BCUT2D eigenvalue weighted by Gasteiger charge is -2.23. The third-order valence-corrected chi connectivity index (χ3v) is 4.15. The molecule has 0 amide bonds. The van der Waals surface area contributed by atoms with Crippen molar-refractivity contribution < 1.29 is 19.1 Å². The molecule has 0 aromatic rings. The Morgan fingerprint density at radius 2 is 1.16 bits per heavy atom. The van der Waals surface area contributed by atoms with Gasteiger partial charge in [-0.15, -0.1) is 0 Å². The molecule has 4 heteroatoms. The second-order valence-corrected chi connectivity index (χ2v) is 5.65. The van der Waals surface area contributed by atoms with Crippen molar-refractivity contribution in [3.8, 4) is 0 Å². The SMILES string of the molecule is O=C(OCCCCCOC(=O)C1CCC1)C1CCC1. The molecule has 2 fully saturated rings. The summed E-state index contributed by atoms with van der Waals surface area (Å²) in [6.45, 7) is 1.01. The van der Waals surface area contributed by atoms with E-state index in [1.165, 1.54) is 0 Å². The van der Waals surface area contributed by atoms with Crippen LogP contribution in [0.15, 0.2) is 0 Å². The Bertz CT molecular complexity index is 275. The molecule has 4 nitrogen and oxygen atoms in total. The summed E-state index contributed by atoms with van der Waals surface area (Å²) in [5.41, 5.74) is 0. The van der Waals surface area contributed by atoms with Crippen LogP contribution in [0.1, 0.15) is 57.8 Å². The highest BCUT2D eigenvalue weighted by molar-refractivity contribution is 5.73. The highest BCUT2D eigenvalue weighted by Crippen LogP contribution is 2.28. The first kappa shape index (κ1) is 14.4. The van der Waals surface area contributed by atoms with Gasteiger partial charge in [-0.1, -0.05) is 12.8 Å². The molecule has 0 aliphatic heterocycles. The van der Waals surface area contributed by atoms with Crippen LogP contribution >= 0.6 is 0 Å². The minimum Gasteiger partial charge on any atom is -0.465 e. The fraction of sp³-hybridized carbons (Fsp3) is 0.867. The van der Waals surface area contributed by atoms with Crippen LogP contribution in [-0.4, -0.2) is 25.2 Å². The van der Waals surface area contributed by atoms with Crippen LogP contribution < -0.4 is 0 Å². The number of rotatable bonds is 8. The molecular weight excluding hydrogens is 244 g/mol. The van der Waals surface area contributed by atoms with Crippen molar-refractivity contribution in [1.29, 1.82) is 0 Å². The summed E-state index contributed by atoms with van der Waals surface area (Å²) in [4.78, 5) is 22.9. The number of hydrogen-bond acceptors (Lipinski definition) is 4. The van der Waals surface area contributed by atoms with Crippen molar-refractivity contribution in [1.82, 2.24) is 0 Å². The lowest BCUT2D eigenvalue weighted by Crippen LogP contribution is -2.24. The quantitative estimate of drug-likeness (QED) is 0.502. The fourth-order valence-electron chi connectivity index (χ4n) is 2.25. The van der Waals surface area contributed by atoms with E-state index in [9.17, 15) is 9.59 Å². The molecule has 0 bridgehead atoms. The number of unbranched alkanes of at least 4 members (excludes halogenated alkanes) is 2. The highest BCUT2D eigenvalue weighted by atomic mass is 16.5. The van der Waals surface area contributed by atoms with Crippen LogP contribution in [0.5, 0.6) is 0 Å². The average molecular weight is 268 g/mol. The monoisotopic (exact) mass is 268 g/mol. The van der Waals surface area contributed by atoms with Gasteiger partial charge in [-0.3, -0.25) is 9.59 Å². The largest absolute Gasteiger partial charge is 0.465 e. The molecule has 2 saturated carbocycles. The van der Waals surface area contributed by atoms with E-state index >= 15 is 0 Å². The summed E-state index contributed by atoms with van der Waals surface area (Å²) >= 11 is 0. The summed E-state index contributed by atoms with van der Waals surface area (Å²) in [5.74, 6) is 0.289. The van der Waals surface area contributed by atoms with Crippen molar-refractivity contribution in [3.05, 3.63) is 0 Å². The molecule has 0 radical (unpaired) electrons. The summed E-state index contributed by atoms with van der Waals surface area (Å²) in [6, 6.07) is 0. The van der Waals surface area contributed by atoms with Gasteiger partial charge in [-0.05, 0) is 44.9 Å². The van der Waals surface area contributed by atoms with Gasteiger partial charge in [0.1, 0.15) is 0 Å². The molecule has 0 spiro atoms. The molecule has 0 aromatic carbocycles. The molecule has 2 rings (SSSR count). The summed E-state index contributed by atoms with van der Waals surface area (Å²) in [5, 5.41) is 0. The van der Waals surface area contributed by atoms with Gasteiger partial charge in [-0.2, -0.15) is 0 Å². The van der Waals surface area contributed by atoms with E-state index in [1.54, 1.807) is 0 Å². The Kier molecular flexibility index (Phi) is 5.67. The van der Waals surface area contributed by atoms with Gasteiger partial charge in [0.05, 0.1) is 25.0 Å². The lowest BCUT2D eigenvalue weighted by molar-refractivity contribution is -0.151. The van der Waals surface area contributed by atoms with E-state index in [0.29, 0.717) is 13.2 Å². The number of hydrogen-bond donors (Lipinski definition) is 0. The zero-order chi connectivity index (χ0) is 13.5. The molecule has 0 aromatic heterocycles. The molecule has 0 saturated heterocycles. The van der Waals surface area contributed by atoms with Crippen LogP contribution in [0.3, 0.4) is 0 Å². The molecule has 0 atom stereocenters. The topological polar surface area (TPSA) is 52.6 Å². The fourth-order valence-corrected chi connectivity index (χ4v) is 2.25. The van der Waals surface area contributed by atoms with E-state index < -0.39 is 0 Å². The van der Waals surface area contributed by atoms with Crippen LogP contribution in [0.4, 0.5) is 0 Å². The maximum Gasteiger partial charge on any atom is 0.308 e. The lowest BCUT2D eigenvalue weighted by atomic mass is 9.86. The smallest absolute Gasteiger partial charge is 0.308 e. The maximum absolute atomic E-state index is 11.4. The van der Waals surface area contributed by atoms with E-state index in [2.05, 4.69) is 0 Å².